The Hall–Kier alpha value is -4.23. The van der Waals surface area contributed by atoms with Gasteiger partial charge in [0.2, 0.25) is 5.95 Å². The molecule has 0 unspecified atom stereocenters. The zero-order chi connectivity index (χ0) is 24.4. The molecule has 0 spiro atoms. The van der Waals surface area contributed by atoms with Crippen LogP contribution in [0.1, 0.15) is 29.4 Å². The zero-order valence-corrected chi connectivity index (χ0v) is 19.9. The Balaban J connectivity index is 1.42. The number of hydrogen-bond acceptors (Lipinski definition) is 6. The fraction of sp³-hybridized carbons (Fsp3) is 0.240. The van der Waals surface area contributed by atoms with Crippen LogP contribution >= 0.6 is 11.3 Å². The van der Waals surface area contributed by atoms with Crippen molar-refractivity contribution in [3.63, 3.8) is 0 Å². The number of hydrogen-bond donors (Lipinski definition) is 2. The molecule has 176 valence electrons. The molecule has 35 heavy (non-hydrogen) atoms. The number of allylic oxidation sites excluding steroid dienone is 1. The van der Waals surface area contributed by atoms with Gasteiger partial charge >= 0.3 is 0 Å². The lowest BCUT2D eigenvalue weighted by molar-refractivity contribution is -0.127. The molecule has 1 fully saturated rings. The van der Waals surface area contributed by atoms with E-state index in [1.807, 2.05) is 41.0 Å². The summed E-state index contributed by atoms with van der Waals surface area (Å²) < 4.78 is 1.95. The molecule has 0 saturated carbocycles. The first kappa shape index (κ1) is 22.6. The Morgan fingerprint density at radius 3 is 2.94 bits per heavy atom. The predicted octanol–water partition coefficient (Wildman–Crippen LogP) is 4.20. The van der Waals surface area contributed by atoms with Crippen LogP contribution in [0, 0.1) is 11.3 Å². The van der Waals surface area contributed by atoms with Gasteiger partial charge in [0.15, 0.2) is 0 Å². The van der Waals surface area contributed by atoms with Gasteiger partial charge in [0.05, 0.1) is 28.1 Å². The van der Waals surface area contributed by atoms with Crippen LogP contribution in [0.2, 0.25) is 0 Å². The van der Waals surface area contributed by atoms with E-state index in [4.69, 9.17) is 0 Å². The molecule has 1 aliphatic rings. The number of imidazole rings is 1. The maximum absolute atomic E-state index is 13.1. The van der Waals surface area contributed by atoms with Crippen LogP contribution in [0.5, 0.6) is 0 Å². The summed E-state index contributed by atoms with van der Waals surface area (Å²) in [6.45, 7) is 2.76. The maximum atomic E-state index is 13.1. The molecule has 1 aromatic carbocycles. The number of likely N-dealkylation sites (tertiary alicyclic amines) is 1. The third-order valence-electron chi connectivity index (χ3n) is 6.16. The maximum Gasteiger partial charge on any atom is 0.268 e. The highest BCUT2D eigenvalue weighted by molar-refractivity contribution is 7.17. The number of thiophene rings is 1. The number of rotatable bonds is 6. The molecule has 0 radical (unpaired) electrons. The predicted molar refractivity (Wildman–Crippen MR) is 134 cm³/mol. The molecule has 0 bridgehead atoms. The minimum absolute atomic E-state index is 0.103. The van der Waals surface area contributed by atoms with Gasteiger partial charge in [0.25, 0.3) is 11.8 Å². The summed E-state index contributed by atoms with van der Waals surface area (Å²) >= 11 is 1.38. The van der Waals surface area contributed by atoms with E-state index < -0.39 is 0 Å². The fourth-order valence-corrected chi connectivity index (χ4v) is 5.30. The average molecular weight is 486 g/mol. The molecule has 4 aromatic rings. The first-order valence-electron chi connectivity index (χ1n) is 11.3. The number of fused-ring (bicyclic) bond motifs is 1. The first-order chi connectivity index (χ1) is 17.1. The number of nitrogens with one attached hydrogen (secondary N) is 2. The Kier molecular flexibility index (Phi) is 6.16. The van der Waals surface area contributed by atoms with Crippen molar-refractivity contribution in [2.24, 2.45) is 0 Å². The molecular weight excluding hydrogens is 462 g/mol. The summed E-state index contributed by atoms with van der Waals surface area (Å²) in [6.07, 6.45) is 6.72. The molecule has 2 N–H and O–H groups in total. The van der Waals surface area contributed by atoms with Crippen molar-refractivity contribution in [3.8, 4) is 16.5 Å². The molecule has 4 heterocycles. The van der Waals surface area contributed by atoms with Crippen LogP contribution in [0.15, 0.2) is 60.4 Å². The number of aromatic amines is 1. The van der Waals surface area contributed by atoms with E-state index >= 15 is 0 Å². The van der Waals surface area contributed by atoms with Gasteiger partial charge in [0.1, 0.15) is 11.6 Å². The number of amides is 2. The normalized spacial score (nSPS) is 15.9. The lowest BCUT2D eigenvalue weighted by Crippen LogP contribution is -2.39. The minimum atomic E-state index is -0.252. The van der Waals surface area contributed by atoms with E-state index in [9.17, 15) is 14.9 Å². The average Bonchev–Trinajstić information content (AvgIpc) is 3.66. The Morgan fingerprint density at radius 2 is 2.17 bits per heavy atom. The highest BCUT2D eigenvalue weighted by atomic mass is 32.1. The summed E-state index contributed by atoms with van der Waals surface area (Å²) in [5, 5.41) is 19.0. The minimum Gasteiger partial charge on any atom is -0.333 e. The smallest absolute Gasteiger partial charge is 0.268 e. The second kappa shape index (κ2) is 9.56. The standard InChI is InChI=1S/C25H23N7O2S/c1-2-16(12-26)24(34)31-11-5-6-18(31)15-32-20-8-4-3-7-19(20)29-25(32)30-23(33)22-10-9-21(35-22)17-13-27-28-14-17/h2-4,7-10,13-14,18H,5-6,11,15H2,1H3,(H,27,28)(H,29,30,33)/b16-2-/t18-/m0/s1. The number of carbonyl (C=O) groups excluding carboxylic acids is 2. The molecule has 1 saturated heterocycles. The van der Waals surface area contributed by atoms with Crippen molar-refractivity contribution in [1.82, 2.24) is 24.6 Å². The number of anilines is 1. The highest BCUT2D eigenvalue weighted by Gasteiger charge is 2.31. The van der Waals surface area contributed by atoms with Gasteiger partial charge in [-0.15, -0.1) is 11.3 Å². The number of para-hydroxylation sites is 2. The van der Waals surface area contributed by atoms with Gasteiger partial charge in [-0.1, -0.05) is 18.2 Å². The van der Waals surface area contributed by atoms with E-state index in [1.54, 1.807) is 36.4 Å². The summed E-state index contributed by atoms with van der Waals surface area (Å²) in [5.41, 5.74) is 2.70. The molecule has 2 amide bonds. The van der Waals surface area contributed by atoms with E-state index in [2.05, 4.69) is 20.5 Å². The summed E-state index contributed by atoms with van der Waals surface area (Å²) in [7, 11) is 0. The monoisotopic (exact) mass is 485 g/mol. The largest absolute Gasteiger partial charge is 0.333 e. The molecule has 5 rings (SSSR count). The molecular formula is C25H23N7O2S. The quantitative estimate of drug-likeness (QED) is 0.313. The summed E-state index contributed by atoms with van der Waals surface area (Å²) in [6, 6.07) is 13.2. The first-order valence-corrected chi connectivity index (χ1v) is 12.1. The third-order valence-corrected chi connectivity index (χ3v) is 7.30. The van der Waals surface area contributed by atoms with Gasteiger partial charge < -0.3 is 9.47 Å². The van der Waals surface area contributed by atoms with Crippen molar-refractivity contribution in [2.45, 2.75) is 32.4 Å². The van der Waals surface area contributed by atoms with Crippen molar-refractivity contribution in [2.75, 3.05) is 11.9 Å². The van der Waals surface area contributed by atoms with E-state index in [1.165, 1.54) is 11.3 Å². The number of benzene rings is 1. The SMILES string of the molecule is C/C=C(/C#N)C(=O)N1CCC[C@H]1Cn1c(NC(=O)c2ccc(-c3cn[nH]c3)s2)nc2ccccc21. The third kappa shape index (κ3) is 4.34. The topological polar surface area (TPSA) is 120 Å². The Morgan fingerprint density at radius 1 is 1.31 bits per heavy atom. The van der Waals surface area contributed by atoms with Crippen LogP contribution in [0.3, 0.4) is 0 Å². The van der Waals surface area contributed by atoms with Gasteiger partial charge in [-0.2, -0.15) is 10.4 Å². The highest BCUT2D eigenvalue weighted by Crippen LogP contribution is 2.29. The summed E-state index contributed by atoms with van der Waals surface area (Å²) in [4.78, 5) is 33.9. The van der Waals surface area contributed by atoms with Crippen molar-refractivity contribution < 1.29 is 9.59 Å². The summed E-state index contributed by atoms with van der Waals surface area (Å²) in [5.74, 6) is -0.0699. The van der Waals surface area contributed by atoms with Gasteiger partial charge in [0, 0.05) is 29.7 Å². The van der Waals surface area contributed by atoms with Crippen molar-refractivity contribution in [1.29, 1.82) is 5.26 Å². The number of nitriles is 1. The van der Waals surface area contributed by atoms with Crippen LogP contribution < -0.4 is 5.32 Å². The van der Waals surface area contributed by atoms with E-state index in [-0.39, 0.29) is 23.4 Å². The van der Waals surface area contributed by atoms with Crippen LogP contribution in [0.25, 0.3) is 21.5 Å². The van der Waals surface area contributed by atoms with Crippen molar-refractivity contribution >= 4 is 40.1 Å². The lowest BCUT2D eigenvalue weighted by atomic mass is 10.2. The Labute approximate surface area is 205 Å². The number of nitrogens with zero attached hydrogens (tertiary/aromatic N) is 5. The lowest BCUT2D eigenvalue weighted by Gasteiger charge is -2.25. The number of carbonyl (C=O) groups is 2. The molecule has 10 heteroatoms. The molecule has 1 aliphatic heterocycles. The van der Waals surface area contributed by atoms with Gasteiger partial charge in [-0.05, 0) is 44.0 Å². The second-order valence-electron chi connectivity index (χ2n) is 8.25. The molecule has 0 aliphatic carbocycles. The van der Waals surface area contributed by atoms with E-state index in [0.29, 0.717) is 23.9 Å². The Bertz CT molecular complexity index is 1460. The number of H-pyrrole nitrogens is 1. The van der Waals surface area contributed by atoms with Crippen LogP contribution in [-0.4, -0.2) is 49.0 Å². The van der Waals surface area contributed by atoms with Gasteiger partial charge in [-0.3, -0.25) is 20.0 Å². The fourth-order valence-electron chi connectivity index (χ4n) is 4.41. The number of aromatic nitrogens is 4. The van der Waals surface area contributed by atoms with Crippen molar-refractivity contribution in [3.05, 3.63) is 65.3 Å². The van der Waals surface area contributed by atoms with Gasteiger partial charge in [-0.25, -0.2) is 4.98 Å². The molecule has 1 atom stereocenters. The molecule has 3 aromatic heterocycles. The van der Waals surface area contributed by atoms with E-state index in [0.717, 1.165) is 34.3 Å². The zero-order valence-electron chi connectivity index (χ0n) is 19.1. The molecule has 9 nitrogen and oxygen atoms in total. The van der Waals surface area contributed by atoms with Crippen LogP contribution in [0.4, 0.5) is 5.95 Å². The second-order valence-corrected chi connectivity index (χ2v) is 9.33. The van der Waals surface area contributed by atoms with Crippen LogP contribution in [-0.2, 0) is 11.3 Å².